The van der Waals surface area contributed by atoms with E-state index in [-0.39, 0.29) is 0 Å². The molecule has 0 radical (unpaired) electrons. The molecule has 0 aromatic heterocycles. The molecule has 0 spiro atoms. The maximum atomic E-state index is 5.17. The first kappa shape index (κ1) is 13.0. The quantitative estimate of drug-likeness (QED) is 0.544. The first-order chi connectivity index (χ1) is 8.70. The Morgan fingerprint density at radius 1 is 0.889 bits per heavy atom. The summed E-state index contributed by atoms with van der Waals surface area (Å²) in [7, 11) is 0. The predicted octanol–water partition coefficient (Wildman–Crippen LogP) is 5.04. The Morgan fingerprint density at radius 2 is 1.39 bits per heavy atom. The minimum atomic E-state index is 0.944. The summed E-state index contributed by atoms with van der Waals surface area (Å²) in [4.78, 5) is 0.944. The lowest BCUT2D eigenvalue weighted by molar-refractivity contribution is 0.922. The van der Waals surface area contributed by atoms with Gasteiger partial charge in [0.25, 0.3) is 0 Å². The highest BCUT2D eigenvalue weighted by atomic mass is 32.1. The minimum absolute atomic E-state index is 0.944. The molecule has 0 aliphatic rings. The molecule has 0 nitrogen and oxygen atoms in total. The third-order valence-electron chi connectivity index (χ3n) is 3.12. The molecule has 0 atom stereocenters. The molecule has 0 N–H and O–H groups in total. The van der Waals surface area contributed by atoms with Crippen molar-refractivity contribution >= 4 is 17.1 Å². The Bertz CT molecular complexity index is 521. The number of aryl methyl sites for hydroxylation is 1. The molecule has 0 fully saturated rings. The number of hydrogen-bond donors (Lipinski definition) is 0. The van der Waals surface area contributed by atoms with Crippen LogP contribution in [0, 0.1) is 0 Å². The number of rotatable bonds is 4. The zero-order chi connectivity index (χ0) is 13.0. The van der Waals surface area contributed by atoms with Gasteiger partial charge in [0, 0.05) is 4.86 Å². The van der Waals surface area contributed by atoms with Crippen molar-refractivity contribution in [3.8, 4) is 11.1 Å². The Kier molecular flexibility index (Phi) is 4.27. The first-order valence-corrected chi connectivity index (χ1v) is 6.82. The van der Waals surface area contributed by atoms with Crippen LogP contribution in [-0.4, -0.2) is 4.86 Å². The van der Waals surface area contributed by atoms with E-state index in [1.807, 2.05) is 6.92 Å². The van der Waals surface area contributed by atoms with Crippen LogP contribution in [0.15, 0.2) is 48.5 Å². The number of benzene rings is 2. The summed E-state index contributed by atoms with van der Waals surface area (Å²) in [6, 6.07) is 17.3. The average molecular weight is 254 g/mol. The van der Waals surface area contributed by atoms with Crippen molar-refractivity contribution in [3.05, 3.63) is 59.7 Å². The molecule has 0 bridgehead atoms. The summed E-state index contributed by atoms with van der Waals surface area (Å²) in [5.41, 5.74) is 5.06. The molecule has 0 aliphatic heterocycles. The van der Waals surface area contributed by atoms with Gasteiger partial charge < -0.3 is 0 Å². The van der Waals surface area contributed by atoms with Crippen LogP contribution in [0.3, 0.4) is 0 Å². The van der Waals surface area contributed by atoms with Gasteiger partial charge in [-0.3, -0.25) is 0 Å². The maximum Gasteiger partial charge on any atom is 0.0193 e. The number of thiocarbonyl (C=S) groups is 1. The van der Waals surface area contributed by atoms with E-state index >= 15 is 0 Å². The SMILES string of the molecule is CCCc1ccc(-c2ccc(C(C)=S)cc2)cc1. The molecule has 18 heavy (non-hydrogen) atoms. The van der Waals surface area contributed by atoms with E-state index in [0.717, 1.165) is 16.8 Å². The Labute approximate surface area is 115 Å². The molecule has 0 aliphatic carbocycles. The third kappa shape index (κ3) is 3.05. The zero-order valence-corrected chi connectivity index (χ0v) is 11.8. The second-order valence-corrected chi connectivity index (χ2v) is 5.19. The Balaban J connectivity index is 2.23. The van der Waals surface area contributed by atoms with Crippen LogP contribution in [0.25, 0.3) is 11.1 Å². The van der Waals surface area contributed by atoms with Crippen LogP contribution < -0.4 is 0 Å². The van der Waals surface area contributed by atoms with E-state index in [0.29, 0.717) is 0 Å². The third-order valence-corrected chi connectivity index (χ3v) is 3.35. The van der Waals surface area contributed by atoms with E-state index in [4.69, 9.17) is 12.2 Å². The van der Waals surface area contributed by atoms with Crippen molar-refractivity contribution in [1.82, 2.24) is 0 Å². The van der Waals surface area contributed by atoms with E-state index in [2.05, 4.69) is 55.5 Å². The molecule has 0 unspecified atom stereocenters. The molecule has 2 aromatic carbocycles. The summed E-state index contributed by atoms with van der Waals surface area (Å²) in [5.74, 6) is 0. The summed E-state index contributed by atoms with van der Waals surface area (Å²) in [6.45, 7) is 4.17. The van der Waals surface area contributed by atoms with Gasteiger partial charge in [-0.15, -0.1) is 0 Å². The fourth-order valence-electron chi connectivity index (χ4n) is 2.05. The van der Waals surface area contributed by atoms with Crippen LogP contribution in [-0.2, 0) is 6.42 Å². The smallest absolute Gasteiger partial charge is 0.0193 e. The van der Waals surface area contributed by atoms with Crippen molar-refractivity contribution in [2.24, 2.45) is 0 Å². The van der Waals surface area contributed by atoms with Gasteiger partial charge in [0.1, 0.15) is 0 Å². The van der Waals surface area contributed by atoms with Gasteiger partial charge in [-0.25, -0.2) is 0 Å². The number of hydrogen-bond acceptors (Lipinski definition) is 1. The van der Waals surface area contributed by atoms with Crippen LogP contribution >= 0.6 is 12.2 Å². The van der Waals surface area contributed by atoms with Crippen molar-refractivity contribution < 1.29 is 0 Å². The maximum absolute atomic E-state index is 5.17. The fraction of sp³-hybridized carbons (Fsp3) is 0.235. The van der Waals surface area contributed by atoms with Crippen LogP contribution in [0.4, 0.5) is 0 Å². The summed E-state index contributed by atoms with van der Waals surface area (Å²) in [6.07, 6.45) is 2.35. The molecule has 92 valence electrons. The summed E-state index contributed by atoms with van der Waals surface area (Å²) >= 11 is 5.17. The van der Waals surface area contributed by atoms with Crippen molar-refractivity contribution in [2.45, 2.75) is 26.7 Å². The molecule has 0 heterocycles. The second-order valence-electron chi connectivity index (χ2n) is 4.58. The summed E-state index contributed by atoms with van der Waals surface area (Å²) < 4.78 is 0. The van der Waals surface area contributed by atoms with Gasteiger partial charge in [-0.05, 0) is 35.6 Å². The standard InChI is InChI=1S/C17H18S/c1-3-4-14-5-7-16(8-6-14)17-11-9-15(10-12-17)13(2)18/h5-12H,3-4H2,1-2H3. The minimum Gasteiger partial charge on any atom is -0.0846 e. The van der Waals surface area contributed by atoms with Crippen molar-refractivity contribution in [2.75, 3.05) is 0 Å². The van der Waals surface area contributed by atoms with E-state index < -0.39 is 0 Å². The Morgan fingerprint density at radius 3 is 1.83 bits per heavy atom. The van der Waals surface area contributed by atoms with Crippen LogP contribution in [0.5, 0.6) is 0 Å². The Hall–Kier alpha value is -1.47. The zero-order valence-electron chi connectivity index (χ0n) is 10.9. The van der Waals surface area contributed by atoms with Crippen LogP contribution in [0.1, 0.15) is 31.4 Å². The monoisotopic (exact) mass is 254 g/mol. The average Bonchev–Trinajstić information content (AvgIpc) is 2.40. The van der Waals surface area contributed by atoms with Crippen molar-refractivity contribution in [1.29, 1.82) is 0 Å². The van der Waals surface area contributed by atoms with E-state index in [1.165, 1.54) is 23.1 Å². The molecule has 2 aromatic rings. The summed E-state index contributed by atoms with van der Waals surface area (Å²) in [5, 5.41) is 0. The van der Waals surface area contributed by atoms with Gasteiger partial charge in [0.2, 0.25) is 0 Å². The molecular formula is C17H18S. The predicted molar refractivity (Wildman–Crippen MR) is 83.2 cm³/mol. The topological polar surface area (TPSA) is 0 Å². The lowest BCUT2D eigenvalue weighted by Gasteiger charge is -2.05. The lowest BCUT2D eigenvalue weighted by atomic mass is 10.0. The lowest BCUT2D eigenvalue weighted by Crippen LogP contribution is -1.89. The normalized spacial score (nSPS) is 10.3. The van der Waals surface area contributed by atoms with E-state index in [9.17, 15) is 0 Å². The largest absolute Gasteiger partial charge is 0.0846 e. The van der Waals surface area contributed by atoms with Gasteiger partial charge in [-0.1, -0.05) is 74.1 Å². The van der Waals surface area contributed by atoms with Gasteiger partial charge >= 0.3 is 0 Å². The van der Waals surface area contributed by atoms with Gasteiger partial charge in [0.15, 0.2) is 0 Å². The highest BCUT2D eigenvalue weighted by Crippen LogP contribution is 2.21. The molecule has 2 rings (SSSR count). The fourth-order valence-corrected chi connectivity index (χ4v) is 2.19. The van der Waals surface area contributed by atoms with E-state index in [1.54, 1.807) is 0 Å². The van der Waals surface area contributed by atoms with Gasteiger partial charge in [0.05, 0.1) is 0 Å². The molecule has 1 heteroatoms. The molecule has 0 amide bonds. The molecule has 0 saturated heterocycles. The van der Waals surface area contributed by atoms with Crippen molar-refractivity contribution in [3.63, 3.8) is 0 Å². The highest BCUT2D eigenvalue weighted by molar-refractivity contribution is 7.80. The highest BCUT2D eigenvalue weighted by Gasteiger charge is 1.99. The molecule has 0 saturated carbocycles. The van der Waals surface area contributed by atoms with Gasteiger partial charge in [-0.2, -0.15) is 0 Å². The first-order valence-electron chi connectivity index (χ1n) is 6.41. The second kappa shape index (κ2) is 5.92. The molecular weight excluding hydrogens is 236 g/mol. The van der Waals surface area contributed by atoms with Crippen LogP contribution in [0.2, 0.25) is 0 Å².